The first-order valence-electron chi connectivity index (χ1n) is 9.45. The molecule has 0 saturated carbocycles. The second-order valence-electron chi connectivity index (χ2n) is 6.96. The van der Waals surface area contributed by atoms with E-state index in [9.17, 15) is 9.50 Å². The minimum Gasteiger partial charge on any atom is -0.506 e. The predicted octanol–water partition coefficient (Wildman–Crippen LogP) is 5.32. The van der Waals surface area contributed by atoms with E-state index in [-0.39, 0.29) is 18.1 Å². The molecule has 148 valence electrons. The first kappa shape index (κ1) is 19.5. The first-order valence-corrected chi connectivity index (χ1v) is 10.2. The number of aromatic hydroxyl groups is 1. The molecular formula is C23H21BrFN3O. The standard InChI is InChI=1S/C23H21BrFN3O/c24-19-9-10-20(25)18(13-19)14-26-23(27-21-7-3-4-8-22(21)29)28-12-11-16-5-1-2-6-17(16)15-28/h1-10,13,29H,11-12,14-15H2,(H,26,27). The van der Waals surface area contributed by atoms with Crippen molar-refractivity contribution in [2.45, 2.75) is 19.5 Å². The van der Waals surface area contributed by atoms with Crippen LogP contribution < -0.4 is 5.32 Å². The number of phenols is 1. The number of anilines is 1. The summed E-state index contributed by atoms with van der Waals surface area (Å²) < 4.78 is 15.0. The van der Waals surface area contributed by atoms with Crippen LogP contribution in [0.15, 0.2) is 76.2 Å². The molecule has 3 aromatic rings. The number of benzene rings is 3. The number of para-hydroxylation sites is 2. The maximum Gasteiger partial charge on any atom is 0.199 e. The molecule has 0 atom stereocenters. The minimum absolute atomic E-state index is 0.145. The minimum atomic E-state index is -0.289. The smallest absolute Gasteiger partial charge is 0.199 e. The van der Waals surface area contributed by atoms with Gasteiger partial charge in [0.15, 0.2) is 5.96 Å². The lowest BCUT2D eigenvalue weighted by molar-refractivity contribution is 0.390. The van der Waals surface area contributed by atoms with Crippen molar-refractivity contribution in [2.24, 2.45) is 4.99 Å². The number of rotatable bonds is 3. The van der Waals surface area contributed by atoms with Gasteiger partial charge in [-0.3, -0.25) is 0 Å². The first-order chi connectivity index (χ1) is 14.1. The zero-order chi connectivity index (χ0) is 20.2. The molecule has 2 N–H and O–H groups in total. The molecule has 0 bridgehead atoms. The summed E-state index contributed by atoms with van der Waals surface area (Å²) in [7, 11) is 0. The van der Waals surface area contributed by atoms with E-state index in [4.69, 9.17) is 0 Å². The Morgan fingerprint density at radius 1 is 1.07 bits per heavy atom. The number of phenolic OH excluding ortho intramolecular Hbond substituents is 1. The molecule has 29 heavy (non-hydrogen) atoms. The van der Waals surface area contributed by atoms with E-state index < -0.39 is 0 Å². The number of hydrogen-bond donors (Lipinski definition) is 2. The Morgan fingerprint density at radius 2 is 1.83 bits per heavy atom. The van der Waals surface area contributed by atoms with Crippen molar-refractivity contribution in [3.8, 4) is 5.75 Å². The van der Waals surface area contributed by atoms with Crippen LogP contribution in [0.5, 0.6) is 5.75 Å². The topological polar surface area (TPSA) is 47.9 Å². The van der Waals surface area contributed by atoms with Gasteiger partial charge >= 0.3 is 0 Å². The molecule has 0 saturated heterocycles. The van der Waals surface area contributed by atoms with Crippen LogP contribution >= 0.6 is 15.9 Å². The molecule has 3 aromatic carbocycles. The molecule has 1 aliphatic heterocycles. The quantitative estimate of drug-likeness (QED) is 0.320. The summed E-state index contributed by atoms with van der Waals surface area (Å²) in [6.45, 7) is 1.69. The van der Waals surface area contributed by atoms with Gasteiger partial charge in [-0.1, -0.05) is 52.3 Å². The number of halogens is 2. The van der Waals surface area contributed by atoms with Crippen molar-refractivity contribution in [3.63, 3.8) is 0 Å². The molecule has 0 aromatic heterocycles. The Labute approximate surface area is 177 Å². The number of hydrogen-bond acceptors (Lipinski definition) is 2. The van der Waals surface area contributed by atoms with Crippen LogP contribution in [0, 0.1) is 5.82 Å². The average molecular weight is 454 g/mol. The van der Waals surface area contributed by atoms with E-state index in [1.807, 2.05) is 12.1 Å². The molecule has 0 aliphatic carbocycles. The number of fused-ring (bicyclic) bond motifs is 1. The third-order valence-corrected chi connectivity index (χ3v) is 5.48. The van der Waals surface area contributed by atoms with E-state index in [0.29, 0.717) is 23.8 Å². The molecule has 0 unspecified atom stereocenters. The normalized spacial score (nSPS) is 13.9. The number of aliphatic imine (C=N–C) groups is 1. The Morgan fingerprint density at radius 3 is 2.66 bits per heavy atom. The maximum atomic E-state index is 14.2. The van der Waals surface area contributed by atoms with E-state index in [2.05, 4.69) is 49.3 Å². The van der Waals surface area contributed by atoms with Crippen LogP contribution in [-0.2, 0) is 19.5 Å². The fourth-order valence-electron chi connectivity index (χ4n) is 3.42. The zero-order valence-corrected chi connectivity index (χ0v) is 17.4. The fraction of sp³-hybridized carbons (Fsp3) is 0.174. The van der Waals surface area contributed by atoms with Gasteiger partial charge in [0.1, 0.15) is 11.6 Å². The Kier molecular flexibility index (Phi) is 5.81. The van der Waals surface area contributed by atoms with E-state index in [0.717, 1.165) is 17.4 Å². The molecule has 6 heteroatoms. The molecular weight excluding hydrogens is 433 g/mol. The van der Waals surface area contributed by atoms with Gasteiger partial charge in [0, 0.05) is 23.1 Å². The third kappa shape index (κ3) is 4.59. The zero-order valence-electron chi connectivity index (χ0n) is 15.8. The molecule has 4 nitrogen and oxygen atoms in total. The maximum absolute atomic E-state index is 14.2. The molecule has 0 radical (unpaired) electrons. The van der Waals surface area contributed by atoms with Crippen LogP contribution in [0.4, 0.5) is 10.1 Å². The summed E-state index contributed by atoms with van der Waals surface area (Å²) >= 11 is 3.39. The predicted molar refractivity (Wildman–Crippen MR) is 118 cm³/mol. The van der Waals surface area contributed by atoms with E-state index in [1.165, 1.54) is 17.2 Å². The van der Waals surface area contributed by atoms with Gasteiger partial charge in [-0.15, -0.1) is 0 Å². The summed E-state index contributed by atoms with van der Waals surface area (Å²) in [6.07, 6.45) is 0.906. The Balaban J connectivity index is 1.64. The molecule has 4 rings (SSSR count). The highest BCUT2D eigenvalue weighted by Gasteiger charge is 2.20. The van der Waals surface area contributed by atoms with Crippen molar-refractivity contribution < 1.29 is 9.50 Å². The highest BCUT2D eigenvalue weighted by atomic mass is 79.9. The van der Waals surface area contributed by atoms with Crippen molar-refractivity contribution in [1.29, 1.82) is 0 Å². The highest BCUT2D eigenvalue weighted by molar-refractivity contribution is 9.10. The van der Waals surface area contributed by atoms with Crippen LogP contribution in [-0.4, -0.2) is 22.5 Å². The van der Waals surface area contributed by atoms with Crippen molar-refractivity contribution in [3.05, 3.63) is 93.7 Å². The molecule has 0 fully saturated rings. The van der Waals surface area contributed by atoms with Crippen molar-refractivity contribution in [2.75, 3.05) is 11.9 Å². The van der Waals surface area contributed by atoms with Crippen LogP contribution in [0.1, 0.15) is 16.7 Å². The average Bonchev–Trinajstić information content (AvgIpc) is 2.74. The van der Waals surface area contributed by atoms with Gasteiger partial charge in [0.2, 0.25) is 0 Å². The second kappa shape index (κ2) is 8.66. The van der Waals surface area contributed by atoms with Gasteiger partial charge in [0.25, 0.3) is 0 Å². The van der Waals surface area contributed by atoms with Crippen molar-refractivity contribution in [1.82, 2.24) is 4.90 Å². The van der Waals surface area contributed by atoms with Gasteiger partial charge in [-0.25, -0.2) is 9.38 Å². The van der Waals surface area contributed by atoms with Gasteiger partial charge in [-0.2, -0.15) is 0 Å². The molecule has 0 spiro atoms. The largest absolute Gasteiger partial charge is 0.506 e. The Hall–Kier alpha value is -2.86. The SMILES string of the molecule is Oc1ccccc1NC(=NCc1cc(Br)ccc1F)N1CCc2ccccc2C1. The lowest BCUT2D eigenvalue weighted by Gasteiger charge is -2.32. The summed E-state index contributed by atoms with van der Waals surface area (Å²) in [4.78, 5) is 6.82. The van der Waals surface area contributed by atoms with E-state index >= 15 is 0 Å². The summed E-state index contributed by atoms with van der Waals surface area (Å²) in [5, 5.41) is 13.4. The lowest BCUT2D eigenvalue weighted by atomic mass is 10.0. The van der Waals surface area contributed by atoms with Crippen LogP contribution in [0.2, 0.25) is 0 Å². The van der Waals surface area contributed by atoms with E-state index in [1.54, 1.807) is 30.3 Å². The summed E-state index contributed by atoms with van der Waals surface area (Å²) in [6, 6.07) is 20.2. The lowest BCUT2D eigenvalue weighted by Crippen LogP contribution is -2.40. The summed E-state index contributed by atoms with van der Waals surface area (Å²) in [5.74, 6) is 0.467. The van der Waals surface area contributed by atoms with Crippen LogP contribution in [0.25, 0.3) is 0 Å². The van der Waals surface area contributed by atoms with Gasteiger partial charge in [-0.05, 0) is 47.9 Å². The summed E-state index contributed by atoms with van der Waals surface area (Å²) in [5.41, 5.74) is 3.66. The third-order valence-electron chi connectivity index (χ3n) is 4.99. The molecule has 0 amide bonds. The molecule has 1 heterocycles. The van der Waals surface area contributed by atoms with Gasteiger partial charge in [0.05, 0.1) is 12.2 Å². The van der Waals surface area contributed by atoms with Crippen molar-refractivity contribution >= 4 is 27.6 Å². The van der Waals surface area contributed by atoms with Crippen LogP contribution in [0.3, 0.4) is 0 Å². The number of nitrogens with one attached hydrogen (secondary N) is 1. The monoisotopic (exact) mass is 453 g/mol. The Bertz CT molecular complexity index is 1050. The highest BCUT2D eigenvalue weighted by Crippen LogP contribution is 2.25. The van der Waals surface area contributed by atoms with Gasteiger partial charge < -0.3 is 15.3 Å². The molecule has 1 aliphatic rings. The fourth-order valence-corrected chi connectivity index (χ4v) is 3.83. The number of nitrogens with zero attached hydrogens (tertiary/aromatic N) is 2. The number of guanidine groups is 1. The second-order valence-corrected chi connectivity index (χ2v) is 7.87.